The van der Waals surface area contributed by atoms with E-state index in [-0.39, 0.29) is 0 Å². The maximum Gasteiger partial charge on any atom is 0.206 e. The van der Waals surface area contributed by atoms with Crippen LogP contribution in [0.15, 0.2) is 0 Å². The minimum Gasteiger partial charge on any atom is -0.503 e. The Balaban J connectivity index is 3.60. The summed E-state index contributed by atoms with van der Waals surface area (Å²) in [7, 11) is 0. The Bertz CT molecular complexity index is 236. The van der Waals surface area contributed by atoms with E-state index in [1.165, 1.54) is 0 Å². The van der Waals surface area contributed by atoms with Crippen molar-refractivity contribution in [2.24, 2.45) is 0 Å². The molecule has 0 unspecified atom stereocenters. The number of phenolic OH excluding ortho intramolecular Hbond substituents is 2. The van der Waals surface area contributed by atoms with Gasteiger partial charge in [0.25, 0.3) is 0 Å². The molecule has 0 aliphatic heterocycles. The van der Waals surface area contributed by atoms with Gasteiger partial charge in [0.05, 0.1) is 0 Å². The molecule has 66 valence electrons. The van der Waals surface area contributed by atoms with Crippen LogP contribution in [0.5, 0.6) is 11.5 Å². The highest BCUT2D eigenvalue weighted by Gasteiger charge is 2.20. The first-order valence-corrected chi connectivity index (χ1v) is 2.90. The lowest BCUT2D eigenvalue weighted by atomic mass is 10.2. The third kappa shape index (κ3) is 0.884. The fourth-order valence-corrected chi connectivity index (χ4v) is 0.699. The van der Waals surface area contributed by atoms with Crippen molar-refractivity contribution in [3.05, 3.63) is 11.6 Å². The van der Waals surface area contributed by atoms with Crippen molar-refractivity contribution in [3.8, 4) is 11.5 Å². The molecule has 0 aromatic heterocycles. The van der Waals surface area contributed by atoms with E-state index in [2.05, 4.69) is 0 Å². The Morgan fingerprint density at radius 1 is 0.833 bits per heavy atom. The second kappa shape index (κ2) is 2.40. The molecule has 0 saturated carbocycles. The summed E-state index contributed by atoms with van der Waals surface area (Å²) < 4.78 is 25.0. The average Bonchev–Trinajstić information content (AvgIpc) is 2.08. The van der Waals surface area contributed by atoms with Crippen LogP contribution in [0.3, 0.4) is 0 Å². The van der Waals surface area contributed by atoms with E-state index in [0.717, 1.165) is 0 Å². The summed E-state index contributed by atoms with van der Waals surface area (Å²) in [6, 6.07) is 0. The van der Waals surface area contributed by atoms with Crippen molar-refractivity contribution in [2.45, 2.75) is 0 Å². The van der Waals surface area contributed by atoms with E-state index in [4.69, 9.17) is 21.7 Å². The van der Waals surface area contributed by atoms with Crippen LogP contribution in [-0.2, 0) is 0 Å². The van der Waals surface area contributed by atoms with Crippen LogP contribution in [0.25, 0.3) is 0 Å². The Labute approximate surface area is 66.0 Å². The van der Waals surface area contributed by atoms with Gasteiger partial charge in [-0.3, -0.25) is 0 Å². The van der Waals surface area contributed by atoms with Crippen LogP contribution in [0, 0.1) is 11.6 Å². The summed E-state index contributed by atoms with van der Waals surface area (Å²) in [5, 5.41) is 17.5. The fraction of sp³-hybridized carbons (Fsp3) is 0. The number of anilines is 2. The molecule has 0 bridgehead atoms. The van der Waals surface area contributed by atoms with E-state index in [1.54, 1.807) is 0 Å². The van der Waals surface area contributed by atoms with Gasteiger partial charge in [-0.1, -0.05) is 0 Å². The third-order valence-corrected chi connectivity index (χ3v) is 1.41. The van der Waals surface area contributed by atoms with Crippen LogP contribution >= 0.6 is 0 Å². The van der Waals surface area contributed by atoms with Gasteiger partial charge in [0.2, 0.25) is 11.6 Å². The summed E-state index contributed by atoms with van der Waals surface area (Å²) in [6.45, 7) is 0. The van der Waals surface area contributed by atoms with Gasteiger partial charge in [0.15, 0.2) is 11.5 Å². The molecule has 1 rings (SSSR count). The summed E-state index contributed by atoms with van der Waals surface area (Å²) in [4.78, 5) is 0. The molecule has 12 heavy (non-hydrogen) atoms. The topological polar surface area (TPSA) is 92.5 Å². The first-order valence-electron chi connectivity index (χ1n) is 2.90. The van der Waals surface area contributed by atoms with E-state index in [0.29, 0.717) is 0 Å². The summed E-state index contributed by atoms with van der Waals surface area (Å²) >= 11 is 0. The Morgan fingerprint density at radius 2 is 1.08 bits per heavy atom. The van der Waals surface area contributed by atoms with Gasteiger partial charge >= 0.3 is 0 Å². The number of halogens is 2. The molecule has 1 aromatic rings. The van der Waals surface area contributed by atoms with Crippen molar-refractivity contribution in [1.82, 2.24) is 0 Å². The third-order valence-electron chi connectivity index (χ3n) is 1.41. The number of rotatable bonds is 0. The summed E-state index contributed by atoms with van der Waals surface area (Å²) in [5.41, 5.74) is 8.87. The zero-order chi connectivity index (χ0) is 9.46. The number of nitrogens with two attached hydrogens (primary N) is 2. The first-order chi connectivity index (χ1) is 5.46. The first kappa shape index (κ1) is 8.38. The maximum atomic E-state index is 12.5. The Kier molecular flexibility index (Phi) is 1.68. The molecule has 0 heterocycles. The van der Waals surface area contributed by atoms with Gasteiger partial charge in [-0.05, 0) is 0 Å². The standard InChI is InChI=1S/C6H6F2N2O2/c7-1-2(8)6(12)4(10)3(9)5(1)11/h11-12H,9-10H2. The zero-order valence-corrected chi connectivity index (χ0v) is 5.81. The van der Waals surface area contributed by atoms with Crippen molar-refractivity contribution < 1.29 is 19.0 Å². The van der Waals surface area contributed by atoms with E-state index < -0.39 is 34.5 Å². The molecule has 0 saturated heterocycles. The van der Waals surface area contributed by atoms with Crippen molar-refractivity contribution >= 4 is 11.4 Å². The van der Waals surface area contributed by atoms with Crippen LogP contribution < -0.4 is 11.5 Å². The monoisotopic (exact) mass is 176 g/mol. The molecule has 4 nitrogen and oxygen atoms in total. The summed E-state index contributed by atoms with van der Waals surface area (Å²) in [6.07, 6.45) is 0. The molecule has 0 spiro atoms. The fourth-order valence-electron chi connectivity index (χ4n) is 0.699. The van der Waals surface area contributed by atoms with E-state index in [9.17, 15) is 8.78 Å². The Hall–Kier alpha value is -1.72. The number of aromatic hydroxyl groups is 2. The minimum absolute atomic E-state index is 0.577. The van der Waals surface area contributed by atoms with Gasteiger partial charge in [0.1, 0.15) is 11.4 Å². The molecule has 0 fully saturated rings. The smallest absolute Gasteiger partial charge is 0.206 e. The van der Waals surface area contributed by atoms with Crippen molar-refractivity contribution in [2.75, 3.05) is 11.5 Å². The van der Waals surface area contributed by atoms with Crippen LogP contribution in [0.2, 0.25) is 0 Å². The van der Waals surface area contributed by atoms with Crippen LogP contribution in [0.4, 0.5) is 20.2 Å². The highest BCUT2D eigenvalue weighted by atomic mass is 19.2. The lowest BCUT2D eigenvalue weighted by Gasteiger charge is -2.06. The SMILES string of the molecule is Nc1c(N)c(O)c(F)c(F)c1O. The van der Waals surface area contributed by atoms with Gasteiger partial charge in [-0.15, -0.1) is 0 Å². The number of hydrogen-bond donors (Lipinski definition) is 4. The molecule has 6 heteroatoms. The van der Waals surface area contributed by atoms with E-state index >= 15 is 0 Å². The quantitative estimate of drug-likeness (QED) is 0.263. The zero-order valence-electron chi connectivity index (χ0n) is 5.81. The molecule has 0 radical (unpaired) electrons. The van der Waals surface area contributed by atoms with Gasteiger partial charge in [-0.2, -0.15) is 8.78 Å². The second-order valence-corrected chi connectivity index (χ2v) is 2.15. The number of phenols is 2. The maximum absolute atomic E-state index is 12.5. The predicted molar refractivity (Wildman–Crippen MR) is 38.5 cm³/mol. The number of benzene rings is 1. The number of hydrogen-bond acceptors (Lipinski definition) is 4. The predicted octanol–water partition coefficient (Wildman–Crippen LogP) is 0.540. The summed E-state index contributed by atoms with van der Waals surface area (Å²) in [5.74, 6) is -5.41. The number of nitrogen functional groups attached to an aromatic ring is 2. The molecular weight excluding hydrogens is 170 g/mol. The van der Waals surface area contributed by atoms with Crippen molar-refractivity contribution in [1.29, 1.82) is 0 Å². The molecule has 6 N–H and O–H groups in total. The largest absolute Gasteiger partial charge is 0.503 e. The lowest BCUT2D eigenvalue weighted by Crippen LogP contribution is -2.00. The molecule has 0 amide bonds. The molecule has 0 aliphatic carbocycles. The molecular formula is C6H6F2N2O2. The minimum atomic E-state index is -1.61. The molecule has 0 aliphatic rings. The average molecular weight is 176 g/mol. The molecule has 0 atom stereocenters. The van der Waals surface area contributed by atoms with Crippen molar-refractivity contribution in [3.63, 3.8) is 0 Å². The van der Waals surface area contributed by atoms with Crippen LogP contribution in [0.1, 0.15) is 0 Å². The van der Waals surface area contributed by atoms with Gasteiger partial charge in [-0.25, -0.2) is 0 Å². The van der Waals surface area contributed by atoms with Crippen LogP contribution in [-0.4, -0.2) is 10.2 Å². The van der Waals surface area contributed by atoms with Gasteiger partial charge in [0, 0.05) is 0 Å². The molecule has 1 aromatic carbocycles. The highest BCUT2D eigenvalue weighted by Crippen LogP contribution is 2.39. The second-order valence-electron chi connectivity index (χ2n) is 2.15. The highest BCUT2D eigenvalue weighted by molar-refractivity contribution is 5.76. The normalized spacial score (nSPS) is 10.2. The van der Waals surface area contributed by atoms with Gasteiger partial charge < -0.3 is 21.7 Å². The Morgan fingerprint density at radius 3 is 1.33 bits per heavy atom. The lowest BCUT2D eigenvalue weighted by molar-refractivity contribution is 0.378. The van der Waals surface area contributed by atoms with E-state index in [1.807, 2.05) is 0 Å².